The molecule has 150 valence electrons. The van der Waals surface area contributed by atoms with E-state index in [1.54, 1.807) is 7.11 Å². The lowest BCUT2D eigenvalue weighted by Crippen LogP contribution is -2.33. The van der Waals surface area contributed by atoms with Crippen molar-refractivity contribution in [3.63, 3.8) is 0 Å². The Balaban J connectivity index is 1.57. The number of aromatic nitrogens is 2. The Bertz CT molecular complexity index is 1000. The highest BCUT2D eigenvalue weighted by Gasteiger charge is 2.33. The summed E-state index contributed by atoms with van der Waals surface area (Å²) in [6, 6.07) is 14.2. The number of H-pyrrole nitrogens is 1. The van der Waals surface area contributed by atoms with Gasteiger partial charge in [-0.3, -0.25) is 10.00 Å². The number of aromatic amines is 1. The van der Waals surface area contributed by atoms with Gasteiger partial charge in [0.2, 0.25) is 0 Å². The average molecular weight is 390 g/mol. The predicted octanol–water partition coefficient (Wildman–Crippen LogP) is 4.65. The molecule has 29 heavy (non-hydrogen) atoms. The van der Waals surface area contributed by atoms with Gasteiger partial charge in [0.1, 0.15) is 5.75 Å². The van der Waals surface area contributed by atoms with Crippen LogP contribution < -0.4 is 9.64 Å². The molecule has 0 saturated carbocycles. The van der Waals surface area contributed by atoms with Gasteiger partial charge in [-0.1, -0.05) is 25.1 Å². The maximum absolute atomic E-state index is 13.2. The molecule has 1 fully saturated rings. The van der Waals surface area contributed by atoms with Gasteiger partial charge in [0.25, 0.3) is 0 Å². The lowest BCUT2D eigenvalue weighted by atomic mass is 9.99. The first kappa shape index (κ1) is 19.1. The lowest BCUT2D eigenvalue weighted by Gasteiger charge is -2.26. The van der Waals surface area contributed by atoms with E-state index in [4.69, 9.17) is 4.74 Å². The maximum atomic E-state index is 13.2. The van der Waals surface area contributed by atoms with Crippen LogP contribution in [0, 0.1) is 0 Å². The monoisotopic (exact) mass is 390 g/mol. The molecule has 1 atom stereocenters. The van der Waals surface area contributed by atoms with Gasteiger partial charge in [0.15, 0.2) is 0 Å². The maximum Gasteiger partial charge on any atom is 0.325 e. The molecule has 6 heteroatoms. The normalized spacial score (nSPS) is 15.1. The van der Waals surface area contributed by atoms with Crippen molar-refractivity contribution in [1.82, 2.24) is 15.1 Å². The summed E-state index contributed by atoms with van der Waals surface area (Å²) in [5.74, 6) is 0.806. The number of ether oxygens (including phenoxy) is 1. The van der Waals surface area contributed by atoms with E-state index in [9.17, 15) is 4.79 Å². The second-order valence-corrected chi connectivity index (χ2v) is 7.26. The molecular weight excluding hydrogens is 364 g/mol. The minimum Gasteiger partial charge on any atom is -0.497 e. The van der Waals surface area contributed by atoms with E-state index >= 15 is 0 Å². The smallest absolute Gasteiger partial charge is 0.325 e. The number of nitrogens with one attached hydrogen (secondary N) is 1. The number of urea groups is 1. The van der Waals surface area contributed by atoms with E-state index in [-0.39, 0.29) is 12.1 Å². The van der Waals surface area contributed by atoms with Gasteiger partial charge < -0.3 is 9.64 Å². The highest BCUT2D eigenvalue weighted by atomic mass is 16.5. The van der Waals surface area contributed by atoms with E-state index in [0.717, 1.165) is 34.5 Å². The lowest BCUT2D eigenvalue weighted by molar-refractivity contribution is 0.205. The Morgan fingerprint density at radius 3 is 2.79 bits per heavy atom. The number of benzene rings is 2. The zero-order chi connectivity index (χ0) is 20.4. The molecule has 0 spiro atoms. The molecule has 1 aromatic heterocycles. The fourth-order valence-electron chi connectivity index (χ4n) is 3.95. The number of carbonyl (C=O) groups excluding carboxylic acids is 1. The standard InChI is InChI=1S/C23H26N4O2/c1-4-17-12-20(8-9-22(17)19-14-24-25-15-19)27-11-10-26(23(27)28)16(2)18-6-5-7-21(13-18)29-3/h5-9,12-16H,4,10-11H2,1-3H3,(H,24,25). The van der Waals surface area contributed by atoms with Gasteiger partial charge in [-0.15, -0.1) is 0 Å². The van der Waals surface area contributed by atoms with Crippen LogP contribution in [0.15, 0.2) is 54.9 Å². The highest BCUT2D eigenvalue weighted by Crippen LogP contribution is 2.32. The summed E-state index contributed by atoms with van der Waals surface area (Å²) in [4.78, 5) is 17.0. The third-order valence-electron chi connectivity index (χ3n) is 5.68. The van der Waals surface area contributed by atoms with Crippen molar-refractivity contribution in [3.05, 3.63) is 66.0 Å². The molecule has 2 amide bonds. The Kier molecular flexibility index (Phi) is 5.25. The van der Waals surface area contributed by atoms with E-state index in [1.165, 1.54) is 5.56 Å². The number of nitrogens with zero attached hydrogens (tertiary/aromatic N) is 3. The van der Waals surface area contributed by atoms with Crippen LogP contribution in [0.25, 0.3) is 11.1 Å². The Morgan fingerprint density at radius 2 is 2.07 bits per heavy atom. The summed E-state index contributed by atoms with van der Waals surface area (Å²) >= 11 is 0. The van der Waals surface area contributed by atoms with E-state index in [2.05, 4.69) is 36.2 Å². The van der Waals surface area contributed by atoms with Gasteiger partial charge in [-0.2, -0.15) is 5.10 Å². The Morgan fingerprint density at radius 1 is 1.21 bits per heavy atom. The second-order valence-electron chi connectivity index (χ2n) is 7.26. The van der Waals surface area contributed by atoms with E-state index in [0.29, 0.717) is 13.1 Å². The van der Waals surface area contributed by atoms with Crippen LogP contribution >= 0.6 is 0 Å². The molecule has 1 N–H and O–H groups in total. The summed E-state index contributed by atoms with van der Waals surface area (Å²) in [5, 5.41) is 6.92. The first-order chi connectivity index (χ1) is 14.1. The number of aryl methyl sites for hydroxylation is 1. The second kappa shape index (κ2) is 7.99. The fraction of sp³-hybridized carbons (Fsp3) is 0.304. The average Bonchev–Trinajstić information content (AvgIpc) is 3.43. The first-order valence-electron chi connectivity index (χ1n) is 9.96. The fourth-order valence-corrected chi connectivity index (χ4v) is 3.95. The highest BCUT2D eigenvalue weighted by molar-refractivity contribution is 5.95. The largest absolute Gasteiger partial charge is 0.497 e. The SMILES string of the molecule is CCc1cc(N2CCN(C(C)c3cccc(OC)c3)C2=O)ccc1-c1cn[nH]c1. The molecule has 3 aromatic rings. The van der Waals surface area contributed by atoms with Crippen LogP contribution in [0.2, 0.25) is 0 Å². The van der Waals surface area contributed by atoms with Crippen molar-refractivity contribution >= 4 is 11.7 Å². The van der Waals surface area contributed by atoms with Crippen molar-refractivity contribution in [2.75, 3.05) is 25.1 Å². The summed E-state index contributed by atoms with van der Waals surface area (Å²) in [6.07, 6.45) is 4.61. The number of hydrogen-bond donors (Lipinski definition) is 1. The van der Waals surface area contributed by atoms with Crippen LogP contribution in [-0.2, 0) is 6.42 Å². The zero-order valence-corrected chi connectivity index (χ0v) is 17.1. The van der Waals surface area contributed by atoms with Gasteiger partial charge in [-0.05, 0) is 54.3 Å². The van der Waals surface area contributed by atoms with Gasteiger partial charge in [-0.25, -0.2) is 4.79 Å². The first-order valence-corrected chi connectivity index (χ1v) is 9.96. The molecule has 2 aromatic carbocycles. The van der Waals surface area contributed by atoms with Crippen LogP contribution in [0.3, 0.4) is 0 Å². The predicted molar refractivity (Wildman–Crippen MR) is 114 cm³/mol. The van der Waals surface area contributed by atoms with E-state index < -0.39 is 0 Å². The molecule has 1 aliphatic heterocycles. The molecule has 0 radical (unpaired) electrons. The quantitative estimate of drug-likeness (QED) is 0.666. The Hall–Kier alpha value is -3.28. The molecule has 6 nitrogen and oxygen atoms in total. The summed E-state index contributed by atoms with van der Waals surface area (Å²) in [7, 11) is 1.66. The number of amides is 2. The van der Waals surface area contributed by atoms with Crippen molar-refractivity contribution in [2.24, 2.45) is 0 Å². The summed E-state index contributed by atoms with van der Waals surface area (Å²) < 4.78 is 5.33. The van der Waals surface area contributed by atoms with Crippen molar-refractivity contribution in [3.8, 4) is 16.9 Å². The Labute approximate surface area is 171 Å². The third kappa shape index (κ3) is 3.58. The zero-order valence-electron chi connectivity index (χ0n) is 17.1. The van der Waals surface area contributed by atoms with Crippen molar-refractivity contribution < 1.29 is 9.53 Å². The van der Waals surface area contributed by atoms with Gasteiger partial charge >= 0.3 is 6.03 Å². The molecule has 1 aliphatic rings. The van der Waals surface area contributed by atoms with Crippen LogP contribution in [0.4, 0.5) is 10.5 Å². The molecular formula is C23H26N4O2. The van der Waals surface area contributed by atoms with Crippen LogP contribution in [0.5, 0.6) is 5.75 Å². The summed E-state index contributed by atoms with van der Waals surface area (Å²) in [6.45, 7) is 5.57. The number of methoxy groups -OCH3 is 1. The third-order valence-corrected chi connectivity index (χ3v) is 5.68. The topological polar surface area (TPSA) is 61.5 Å². The van der Waals surface area contributed by atoms with Crippen LogP contribution in [0.1, 0.15) is 31.0 Å². The summed E-state index contributed by atoms with van der Waals surface area (Å²) in [5.41, 5.74) is 5.44. The molecule has 4 rings (SSSR count). The molecule has 1 saturated heterocycles. The van der Waals surface area contributed by atoms with Gasteiger partial charge in [0.05, 0.1) is 19.3 Å². The van der Waals surface area contributed by atoms with E-state index in [1.807, 2.05) is 52.5 Å². The number of hydrogen-bond acceptors (Lipinski definition) is 3. The minimum absolute atomic E-state index is 0.0153. The van der Waals surface area contributed by atoms with Crippen LogP contribution in [-0.4, -0.2) is 41.3 Å². The minimum atomic E-state index is -0.0153. The molecule has 0 bridgehead atoms. The number of carbonyl (C=O) groups is 1. The molecule has 0 aliphatic carbocycles. The number of anilines is 1. The van der Waals surface area contributed by atoms with Crippen molar-refractivity contribution in [2.45, 2.75) is 26.3 Å². The molecule has 1 unspecified atom stereocenters. The van der Waals surface area contributed by atoms with Gasteiger partial charge in [0, 0.05) is 30.5 Å². The molecule has 2 heterocycles. The number of rotatable bonds is 6. The van der Waals surface area contributed by atoms with Crippen molar-refractivity contribution in [1.29, 1.82) is 0 Å².